The second kappa shape index (κ2) is 7.23. The van der Waals surface area contributed by atoms with Crippen LogP contribution in [-0.2, 0) is 6.42 Å². The molecule has 5 heteroatoms. The summed E-state index contributed by atoms with van der Waals surface area (Å²) < 4.78 is 0. The summed E-state index contributed by atoms with van der Waals surface area (Å²) in [6, 6.07) is -0.0833. The predicted molar refractivity (Wildman–Crippen MR) is 62.1 cm³/mol. The van der Waals surface area contributed by atoms with E-state index in [1.165, 1.54) is 0 Å². The van der Waals surface area contributed by atoms with E-state index >= 15 is 0 Å². The maximum Gasteiger partial charge on any atom is 0.314 e. The highest BCUT2D eigenvalue weighted by molar-refractivity contribution is 7.09. The van der Waals surface area contributed by atoms with Crippen molar-refractivity contribution in [1.82, 2.24) is 15.6 Å². The molecule has 0 atom stereocenters. The molecule has 0 aliphatic rings. The molecule has 2 amide bonds. The Bertz CT molecular complexity index is 274. The third kappa shape index (κ3) is 5.37. The normalized spacial score (nSPS) is 9.93. The van der Waals surface area contributed by atoms with E-state index in [4.69, 9.17) is 0 Å². The molecule has 15 heavy (non-hydrogen) atoms. The molecule has 0 aliphatic carbocycles. The molecule has 0 radical (unpaired) electrons. The quantitative estimate of drug-likeness (QED) is 0.728. The molecule has 0 saturated carbocycles. The van der Waals surface area contributed by atoms with Crippen molar-refractivity contribution in [3.05, 3.63) is 16.6 Å². The number of thiazole rings is 1. The van der Waals surface area contributed by atoms with E-state index in [0.717, 1.165) is 30.8 Å². The number of hydrogen-bond acceptors (Lipinski definition) is 3. The number of aromatic nitrogens is 1. The summed E-state index contributed by atoms with van der Waals surface area (Å²) in [6.45, 7) is 3.49. The number of unbranched alkanes of at least 4 members (excludes halogenated alkanes) is 1. The van der Waals surface area contributed by atoms with Gasteiger partial charge in [0.1, 0.15) is 0 Å². The maximum absolute atomic E-state index is 11.2. The van der Waals surface area contributed by atoms with Crippen LogP contribution in [0.1, 0.15) is 24.8 Å². The number of nitrogens with zero attached hydrogens (tertiary/aromatic N) is 1. The van der Waals surface area contributed by atoms with E-state index < -0.39 is 0 Å². The Hall–Kier alpha value is -1.10. The highest BCUT2D eigenvalue weighted by Gasteiger charge is 1.99. The predicted octanol–water partition coefficient (Wildman–Crippen LogP) is 1.78. The minimum Gasteiger partial charge on any atom is -0.338 e. The number of carbonyl (C=O) groups is 1. The van der Waals surface area contributed by atoms with Crippen LogP contribution in [0.5, 0.6) is 0 Å². The number of nitrogens with one attached hydrogen (secondary N) is 2. The Morgan fingerprint density at radius 2 is 2.27 bits per heavy atom. The Labute approximate surface area is 94.1 Å². The zero-order valence-electron chi connectivity index (χ0n) is 8.95. The van der Waals surface area contributed by atoms with Crippen molar-refractivity contribution in [2.45, 2.75) is 26.2 Å². The average molecular weight is 227 g/mol. The first-order chi connectivity index (χ1) is 7.33. The summed E-state index contributed by atoms with van der Waals surface area (Å²) in [4.78, 5) is 15.3. The van der Waals surface area contributed by atoms with Crippen molar-refractivity contribution in [2.24, 2.45) is 0 Å². The second-order valence-electron chi connectivity index (χ2n) is 3.21. The van der Waals surface area contributed by atoms with Gasteiger partial charge in [-0.05, 0) is 6.42 Å². The lowest BCUT2D eigenvalue weighted by atomic mass is 10.3. The fourth-order valence-corrected chi connectivity index (χ4v) is 1.72. The Balaban J connectivity index is 2.02. The highest BCUT2D eigenvalue weighted by atomic mass is 32.1. The number of hydrogen-bond donors (Lipinski definition) is 2. The first-order valence-electron chi connectivity index (χ1n) is 5.23. The van der Waals surface area contributed by atoms with Crippen LogP contribution in [0.3, 0.4) is 0 Å². The number of urea groups is 1. The molecular formula is C10H17N3OS. The second-order valence-corrected chi connectivity index (χ2v) is 4.19. The first kappa shape index (κ1) is 12.0. The number of amides is 2. The molecule has 0 saturated heterocycles. The van der Waals surface area contributed by atoms with Crippen LogP contribution in [0.15, 0.2) is 11.6 Å². The third-order valence-electron chi connectivity index (χ3n) is 1.92. The molecule has 1 heterocycles. The van der Waals surface area contributed by atoms with Crippen LogP contribution in [0.2, 0.25) is 0 Å². The molecule has 0 bridgehead atoms. The van der Waals surface area contributed by atoms with Gasteiger partial charge in [-0.1, -0.05) is 13.3 Å². The fraction of sp³-hybridized carbons (Fsp3) is 0.600. The monoisotopic (exact) mass is 227 g/mol. The van der Waals surface area contributed by atoms with Gasteiger partial charge in [0.2, 0.25) is 0 Å². The summed E-state index contributed by atoms with van der Waals surface area (Å²) in [5, 5.41) is 8.59. The van der Waals surface area contributed by atoms with Crippen molar-refractivity contribution in [3.63, 3.8) is 0 Å². The largest absolute Gasteiger partial charge is 0.338 e. The molecule has 0 aromatic carbocycles. The van der Waals surface area contributed by atoms with Gasteiger partial charge in [-0.2, -0.15) is 0 Å². The molecule has 1 aromatic rings. The van der Waals surface area contributed by atoms with Gasteiger partial charge in [-0.3, -0.25) is 0 Å². The minimum absolute atomic E-state index is 0.0833. The maximum atomic E-state index is 11.2. The van der Waals surface area contributed by atoms with Crippen molar-refractivity contribution < 1.29 is 4.79 Å². The standard InChI is InChI=1S/C10H17N3OS/c1-2-3-5-12-10(14)13-6-4-9-11-7-8-15-9/h7-8H,2-6H2,1H3,(H2,12,13,14). The zero-order chi connectivity index (χ0) is 10.9. The van der Waals surface area contributed by atoms with Crippen LogP contribution in [-0.4, -0.2) is 24.1 Å². The van der Waals surface area contributed by atoms with Gasteiger partial charge in [0.05, 0.1) is 5.01 Å². The lowest BCUT2D eigenvalue weighted by Gasteiger charge is -2.05. The van der Waals surface area contributed by atoms with Gasteiger partial charge in [0.25, 0.3) is 0 Å². The van der Waals surface area contributed by atoms with Crippen LogP contribution in [0.4, 0.5) is 4.79 Å². The number of carbonyl (C=O) groups excluding carboxylic acids is 1. The minimum atomic E-state index is -0.0833. The fourth-order valence-electron chi connectivity index (χ4n) is 1.10. The van der Waals surface area contributed by atoms with Gasteiger partial charge < -0.3 is 10.6 Å². The number of rotatable bonds is 6. The van der Waals surface area contributed by atoms with Crippen molar-refractivity contribution in [2.75, 3.05) is 13.1 Å². The highest BCUT2D eigenvalue weighted by Crippen LogP contribution is 2.03. The van der Waals surface area contributed by atoms with Crippen molar-refractivity contribution in [3.8, 4) is 0 Å². The molecule has 0 spiro atoms. The van der Waals surface area contributed by atoms with Crippen molar-refractivity contribution in [1.29, 1.82) is 0 Å². The molecule has 0 unspecified atom stereocenters. The van der Waals surface area contributed by atoms with E-state index in [1.54, 1.807) is 17.5 Å². The summed E-state index contributed by atoms with van der Waals surface area (Å²) in [5.74, 6) is 0. The summed E-state index contributed by atoms with van der Waals surface area (Å²) in [5.41, 5.74) is 0. The topological polar surface area (TPSA) is 54.0 Å². The molecule has 1 aromatic heterocycles. The van der Waals surface area contributed by atoms with E-state index in [1.807, 2.05) is 5.38 Å². The lowest BCUT2D eigenvalue weighted by molar-refractivity contribution is 0.241. The Morgan fingerprint density at radius 3 is 2.93 bits per heavy atom. The van der Waals surface area contributed by atoms with Gasteiger partial charge >= 0.3 is 6.03 Å². The Kier molecular flexibility index (Phi) is 5.77. The van der Waals surface area contributed by atoms with Gasteiger partial charge in [0, 0.05) is 31.1 Å². The molecule has 84 valence electrons. The van der Waals surface area contributed by atoms with Gasteiger partial charge in [-0.15, -0.1) is 11.3 Å². The van der Waals surface area contributed by atoms with E-state index in [9.17, 15) is 4.79 Å². The summed E-state index contributed by atoms with van der Waals surface area (Å²) >= 11 is 1.61. The molecule has 4 nitrogen and oxygen atoms in total. The molecule has 0 fully saturated rings. The molecule has 2 N–H and O–H groups in total. The van der Waals surface area contributed by atoms with E-state index in [2.05, 4.69) is 22.5 Å². The van der Waals surface area contributed by atoms with E-state index in [0.29, 0.717) is 6.54 Å². The SMILES string of the molecule is CCCCNC(=O)NCCc1nccs1. The molecular weight excluding hydrogens is 210 g/mol. The third-order valence-corrected chi connectivity index (χ3v) is 2.76. The van der Waals surface area contributed by atoms with Crippen LogP contribution in [0.25, 0.3) is 0 Å². The smallest absolute Gasteiger partial charge is 0.314 e. The van der Waals surface area contributed by atoms with Crippen LogP contribution in [0, 0.1) is 0 Å². The van der Waals surface area contributed by atoms with Gasteiger partial charge in [-0.25, -0.2) is 9.78 Å². The summed E-state index contributed by atoms with van der Waals surface area (Å²) in [6.07, 6.45) is 4.71. The lowest BCUT2D eigenvalue weighted by Crippen LogP contribution is -2.37. The Morgan fingerprint density at radius 1 is 1.47 bits per heavy atom. The van der Waals surface area contributed by atoms with Gasteiger partial charge in [0.15, 0.2) is 0 Å². The first-order valence-corrected chi connectivity index (χ1v) is 6.11. The van der Waals surface area contributed by atoms with Crippen molar-refractivity contribution >= 4 is 17.4 Å². The zero-order valence-corrected chi connectivity index (χ0v) is 9.77. The summed E-state index contributed by atoms with van der Waals surface area (Å²) in [7, 11) is 0. The average Bonchev–Trinajstić information content (AvgIpc) is 2.71. The molecule has 0 aliphatic heterocycles. The molecule has 1 rings (SSSR count). The van der Waals surface area contributed by atoms with Crippen LogP contribution >= 0.6 is 11.3 Å². The van der Waals surface area contributed by atoms with Crippen LogP contribution < -0.4 is 10.6 Å². The van der Waals surface area contributed by atoms with E-state index in [-0.39, 0.29) is 6.03 Å².